The van der Waals surface area contributed by atoms with Gasteiger partial charge >= 0.3 is 29.8 Å². The van der Waals surface area contributed by atoms with E-state index in [9.17, 15) is 34.1 Å². The molecule has 0 aromatic heterocycles. The number of allylic oxidation sites excluding steroid dienone is 1. The van der Waals surface area contributed by atoms with Crippen molar-refractivity contribution in [2.45, 2.75) is 91.8 Å². The lowest BCUT2D eigenvalue weighted by atomic mass is 9.76. The van der Waals surface area contributed by atoms with Gasteiger partial charge in [-0.15, -0.1) is 0 Å². The molecule has 0 saturated carbocycles. The van der Waals surface area contributed by atoms with Gasteiger partial charge in [0.25, 0.3) is 0 Å². The highest BCUT2D eigenvalue weighted by atomic mass is 16.6. The fraction of sp³-hybridized carbons (Fsp3) is 0.696. The van der Waals surface area contributed by atoms with Gasteiger partial charge in [-0.2, -0.15) is 0 Å². The second-order valence-corrected chi connectivity index (χ2v) is 8.66. The van der Waals surface area contributed by atoms with Crippen LogP contribution in [0.1, 0.15) is 61.3 Å². The van der Waals surface area contributed by atoms with Crippen molar-refractivity contribution in [2.24, 2.45) is 5.92 Å². The van der Waals surface area contributed by atoms with Crippen LogP contribution in [0.2, 0.25) is 0 Å². The predicted molar refractivity (Wildman–Crippen MR) is 121 cm³/mol. The lowest BCUT2D eigenvalue weighted by Crippen LogP contribution is -2.57. The first kappa shape index (κ1) is 30.5. The van der Waals surface area contributed by atoms with Crippen molar-refractivity contribution in [3.05, 3.63) is 21.3 Å². The Hall–Kier alpha value is -3.51. The van der Waals surface area contributed by atoms with Crippen LogP contribution in [0.25, 0.3) is 0 Å². The summed E-state index contributed by atoms with van der Waals surface area (Å²) in [5.74, 6) is -5.20. The van der Waals surface area contributed by atoms with Crippen molar-refractivity contribution in [3.63, 3.8) is 0 Å². The molecule has 0 aliphatic heterocycles. The summed E-state index contributed by atoms with van der Waals surface area (Å²) in [6, 6.07) is -1.23. The molecule has 13 heteroatoms. The molecule has 1 aliphatic carbocycles. The predicted octanol–water partition coefficient (Wildman–Crippen LogP) is 1.67. The van der Waals surface area contributed by atoms with E-state index in [-0.39, 0.29) is 12.8 Å². The summed E-state index contributed by atoms with van der Waals surface area (Å²) in [7, 11) is 0. The molecule has 202 valence electrons. The molecule has 2 unspecified atom stereocenters. The zero-order chi connectivity index (χ0) is 27.7. The average molecular weight is 516 g/mol. The van der Waals surface area contributed by atoms with E-state index >= 15 is 0 Å². The molecule has 0 N–H and O–H groups in total. The topological polar surface area (TPSA) is 175 Å². The van der Waals surface area contributed by atoms with E-state index in [1.807, 2.05) is 0 Å². The lowest BCUT2D eigenvalue weighted by molar-refractivity contribution is -0.535. The Morgan fingerprint density at radius 3 is 1.69 bits per heavy atom. The van der Waals surface area contributed by atoms with E-state index in [4.69, 9.17) is 23.7 Å². The van der Waals surface area contributed by atoms with E-state index in [2.05, 4.69) is 0 Å². The molecule has 6 atom stereocenters. The van der Waals surface area contributed by atoms with Crippen molar-refractivity contribution in [1.82, 2.24) is 0 Å². The number of carbonyl (C=O) groups is 5. The molecule has 1 rings (SSSR count). The van der Waals surface area contributed by atoms with Gasteiger partial charge < -0.3 is 23.7 Å². The Bertz CT molecular complexity index is 911. The first-order valence-electron chi connectivity index (χ1n) is 11.2. The van der Waals surface area contributed by atoms with Crippen LogP contribution in [0.15, 0.2) is 11.1 Å². The van der Waals surface area contributed by atoms with Crippen LogP contribution in [0.3, 0.4) is 0 Å². The zero-order valence-corrected chi connectivity index (χ0v) is 21.4. The average Bonchev–Trinajstić information content (AvgIpc) is 2.72. The monoisotopic (exact) mass is 515 g/mol. The Morgan fingerprint density at radius 2 is 1.25 bits per heavy atom. The second kappa shape index (κ2) is 13.5. The van der Waals surface area contributed by atoms with Crippen LogP contribution in [0, 0.1) is 16.0 Å². The number of nitrogens with zero attached hydrogens (tertiary/aromatic N) is 1. The van der Waals surface area contributed by atoms with Crippen LogP contribution < -0.4 is 0 Å². The fourth-order valence-electron chi connectivity index (χ4n) is 4.13. The van der Waals surface area contributed by atoms with Gasteiger partial charge in [-0.25, -0.2) is 0 Å². The largest absolute Gasteiger partial charge is 0.462 e. The maximum absolute atomic E-state index is 12.1. The molecule has 36 heavy (non-hydrogen) atoms. The molecule has 0 heterocycles. The highest BCUT2D eigenvalue weighted by Crippen LogP contribution is 2.37. The van der Waals surface area contributed by atoms with E-state index in [1.54, 1.807) is 13.8 Å². The maximum Gasteiger partial charge on any atom is 0.303 e. The second-order valence-electron chi connectivity index (χ2n) is 8.66. The van der Waals surface area contributed by atoms with Gasteiger partial charge in [-0.05, 0) is 20.3 Å². The molecule has 13 nitrogen and oxygen atoms in total. The summed E-state index contributed by atoms with van der Waals surface area (Å²) in [6.07, 6.45) is -6.10. The summed E-state index contributed by atoms with van der Waals surface area (Å²) >= 11 is 0. The van der Waals surface area contributed by atoms with Gasteiger partial charge in [-0.3, -0.25) is 34.1 Å². The van der Waals surface area contributed by atoms with Gasteiger partial charge in [-0.1, -0.05) is 11.1 Å². The maximum atomic E-state index is 12.1. The SMILES string of the molecule is CC(=O)OC[C@@H](OC(C)=O)[C@@H](OC(C)=O)[C@H](OC(C)=O)[C@H](OC(C)=O)C1CC(C)=C(C)CC1[N+](=O)[O-]. The van der Waals surface area contributed by atoms with Crippen molar-refractivity contribution in [2.75, 3.05) is 6.61 Å². The number of carbonyl (C=O) groups excluding carboxylic acids is 5. The molecule has 0 saturated heterocycles. The van der Waals surface area contributed by atoms with E-state index in [1.165, 1.54) is 0 Å². The van der Waals surface area contributed by atoms with Gasteiger partial charge in [0.05, 0.1) is 5.92 Å². The van der Waals surface area contributed by atoms with E-state index in [0.717, 1.165) is 45.8 Å². The minimum absolute atomic E-state index is 0.0487. The molecule has 1 aliphatic rings. The molecule has 0 bridgehead atoms. The molecule has 0 aromatic rings. The first-order valence-corrected chi connectivity index (χ1v) is 11.2. The number of rotatable bonds is 11. The number of ether oxygens (including phenoxy) is 5. The highest BCUT2D eigenvalue weighted by Gasteiger charge is 2.52. The number of hydrogen-bond acceptors (Lipinski definition) is 12. The van der Waals surface area contributed by atoms with Crippen LogP contribution in [-0.2, 0) is 47.7 Å². The molecule has 0 radical (unpaired) electrons. The number of nitro groups is 1. The van der Waals surface area contributed by atoms with Gasteiger partial charge in [0.15, 0.2) is 24.4 Å². The zero-order valence-electron chi connectivity index (χ0n) is 21.4. The van der Waals surface area contributed by atoms with E-state index < -0.39 is 77.8 Å². The molecular formula is C23H33NO12. The Morgan fingerprint density at radius 1 is 0.778 bits per heavy atom. The number of hydrogen-bond donors (Lipinski definition) is 0. The third-order valence-electron chi connectivity index (χ3n) is 5.66. The van der Waals surface area contributed by atoms with Crippen LogP contribution >= 0.6 is 0 Å². The molecule has 0 amide bonds. The quantitative estimate of drug-likeness (QED) is 0.128. The fourth-order valence-corrected chi connectivity index (χ4v) is 4.13. The van der Waals surface area contributed by atoms with Crippen LogP contribution in [0.4, 0.5) is 0 Å². The summed E-state index contributed by atoms with van der Waals surface area (Å²) in [6.45, 7) is 8.22. The standard InChI is InChI=1S/C23H33NO12/c1-11-8-18(19(24(30)31)9-12(11)2)21(34-15(5)27)23(36-17(7)29)22(35-16(6)28)20(33-14(4)26)10-32-13(3)25/h18-23H,8-10H2,1-7H3/t18?,19?,20-,21-,22-,23-/m1/s1. The molecule has 0 fully saturated rings. The third kappa shape index (κ3) is 9.27. The van der Waals surface area contributed by atoms with Crippen LogP contribution in [0.5, 0.6) is 0 Å². The summed E-state index contributed by atoms with van der Waals surface area (Å²) in [4.78, 5) is 71.0. The smallest absolute Gasteiger partial charge is 0.303 e. The van der Waals surface area contributed by atoms with Crippen molar-refractivity contribution in [1.29, 1.82) is 0 Å². The van der Waals surface area contributed by atoms with Crippen molar-refractivity contribution in [3.8, 4) is 0 Å². The normalized spacial score (nSPS) is 20.8. The Balaban J connectivity index is 3.72. The van der Waals surface area contributed by atoms with Gasteiger partial charge in [0.1, 0.15) is 6.61 Å². The summed E-state index contributed by atoms with van der Waals surface area (Å²) in [5.41, 5.74) is 1.61. The third-order valence-corrected chi connectivity index (χ3v) is 5.66. The molecule has 0 aromatic carbocycles. The Kier molecular flexibility index (Phi) is 11.5. The van der Waals surface area contributed by atoms with Crippen LogP contribution in [-0.4, -0.2) is 71.8 Å². The number of esters is 5. The Labute approximate surface area is 208 Å². The summed E-state index contributed by atoms with van der Waals surface area (Å²) < 4.78 is 26.4. The minimum atomic E-state index is -1.64. The highest BCUT2D eigenvalue weighted by molar-refractivity contribution is 5.69. The minimum Gasteiger partial charge on any atom is -0.462 e. The lowest BCUT2D eigenvalue weighted by Gasteiger charge is -2.40. The van der Waals surface area contributed by atoms with Gasteiger partial charge in [0, 0.05) is 46.0 Å². The first-order chi connectivity index (χ1) is 16.6. The summed E-state index contributed by atoms with van der Waals surface area (Å²) in [5, 5.41) is 12.0. The molecule has 0 spiro atoms. The van der Waals surface area contributed by atoms with Crippen molar-refractivity contribution < 1.29 is 52.6 Å². The van der Waals surface area contributed by atoms with E-state index in [0.29, 0.717) is 0 Å². The van der Waals surface area contributed by atoms with Gasteiger partial charge in [0.2, 0.25) is 6.04 Å². The van der Waals surface area contributed by atoms with Crippen molar-refractivity contribution >= 4 is 29.8 Å². The molecular weight excluding hydrogens is 482 g/mol.